The number of methoxy groups -OCH3 is 1. The smallest absolute Gasteiger partial charge is 0.435 e. The van der Waals surface area contributed by atoms with Crippen LogP contribution >= 0.6 is 0 Å². The predicted molar refractivity (Wildman–Crippen MR) is 126 cm³/mol. The molecule has 1 N–H and O–H groups in total. The number of ether oxygens (including phenoxy) is 2. The van der Waals surface area contributed by atoms with E-state index in [4.69, 9.17) is 14.6 Å². The molecule has 1 saturated heterocycles. The number of carboxylic acids is 1. The highest BCUT2D eigenvalue weighted by atomic mass is 19.4. The number of nitrogens with zero attached hydrogens (tertiary/aromatic N) is 3. The van der Waals surface area contributed by atoms with E-state index in [1.54, 1.807) is 24.3 Å². The third kappa shape index (κ3) is 5.39. The van der Waals surface area contributed by atoms with Gasteiger partial charge in [-0.25, -0.2) is 4.39 Å². The van der Waals surface area contributed by atoms with E-state index in [0.717, 1.165) is 5.01 Å². The van der Waals surface area contributed by atoms with Crippen molar-refractivity contribution in [3.63, 3.8) is 0 Å². The summed E-state index contributed by atoms with van der Waals surface area (Å²) in [7, 11) is 1.52. The monoisotopic (exact) mass is 507 g/mol. The maximum absolute atomic E-state index is 14.3. The molecule has 0 saturated carbocycles. The van der Waals surface area contributed by atoms with Crippen LogP contribution in [0.25, 0.3) is 0 Å². The molecule has 0 bridgehead atoms. The number of carboxylic acid groups (broad SMARTS) is 1. The Morgan fingerprint density at radius 2 is 1.78 bits per heavy atom. The fourth-order valence-corrected chi connectivity index (χ4v) is 4.34. The molecule has 0 amide bonds. The van der Waals surface area contributed by atoms with Gasteiger partial charge in [-0.2, -0.15) is 18.3 Å². The molecule has 2 heterocycles. The van der Waals surface area contributed by atoms with Crippen LogP contribution in [0.15, 0.2) is 59.7 Å². The molecule has 0 aliphatic carbocycles. The molecule has 11 heteroatoms. The summed E-state index contributed by atoms with van der Waals surface area (Å²) >= 11 is 0. The molecule has 192 valence electrons. The molecule has 2 aromatic rings. The summed E-state index contributed by atoms with van der Waals surface area (Å²) in [4.78, 5) is 13.2. The number of benzene rings is 2. The van der Waals surface area contributed by atoms with Crippen LogP contribution in [0.5, 0.6) is 11.5 Å². The van der Waals surface area contributed by atoms with Gasteiger partial charge in [-0.1, -0.05) is 6.58 Å². The number of carbonyl (C=O) groups is 1. The first kappa shape index (κ1) is 25.3. The quantitative estimate of drug-likeness (QED) is 0.531. The van der Waals surface area contributed by atoms with E-state index in [0.29, 0.717) is 43.1 Å². The Morgan fingerprint density at radius 3 is 2.36 bits per heavy atom. The van der Waals surface area contributed by atoms with Crippen molar-refractivity contribution in [2.75, 3.05) is 30.1 Å². The van der Waals surface area contributed by atoms with Crippen LogP contribution in [0.3, 0.4) is 0 Å². The van der Waals surface area contributed by atoms with Crippen molar-refractivity contribution in [2.24, 2.45) is 5.10 Å². The first-order valence-corrected chi connectivity index (χ1v) is 11.3. The van der Waals surface area contributed by atoms with Crippen LogP contribution in [0, 0.1) is 5.82 Å². The summed E-state index contributed by atoms with van der Waals surface area (Å²) in [6.45, 7) is 4.59. The number of alkyl halides is 3. The molecule has 4 rings (SSSR count). The average Bonchev–Trinajstić information content (AvgIpc) is 3.16. The summed E-state index contributed by atoms with van der Waals surface area (Å²) in [6.07, 6.45) is -4.16. The Kier molecular flexibility index (Phi) is 7.09. The highest BCUT2D eigenvalue weighted by Gasteiger charge is 2.46. The van der Waals surface area contributed by atoms with E-state index in [9.17, 15) is 22.4 Å². The Bertz CT molecular complexity index is 1160. The Morgan fingerprint density at radius 1 is 1.14 bits per heavy atom. The number of hydrogen-bond donors (Lipinski definition) is 1. The summed E-state index contributed by atoms with van der Waals surface area (Å²) in [5.74, 6) is -0.501. The number of aliphatic carboxylic acids is 1. The lowest BCUT2D eigenvalue weighted by Crippen LogP contribution is -2.38. The first-order chi connectivity index (χ1) is 17.1. The number of halogens is 4. The van der Waals surface area contributed by atoms with Gasteiger partial charge in [0.05, 0.1) is 30.9 Å². The van der Waals surface area contributed by atoms with E-state index < -0.39 is 30.3 Å². The second-order valence-electron chi connectivity index (χ2n) is 8.55. The van der Waals surface area contributed by atoms with Gasteiger partial charge in [0.1, 0.15) is 23.4 Å². The number of anilines is 2. The fraction of sp³-hybridized carbons (Fsp3) is 0.360. The molecular weight excluding hydrogens is 482 g/mol. The molecular formula is C25H25F4N3O4. The third-order valence-electron chi connectivity index (χ3n) is 6.19. The minimum absolute atomic E-state index is 0.123. The second-order valence-corrected chi connectivity index (χ2v) is 8.55. The average molecular weight is 507 g/mol. The van der Waals surface area contributed by atoms with Gasteiger partial charge in [0.15, 0.2) is 5.71 Å². The van der Waals surface area contributed by atoms with Crippen LogP contribution in [-0.2, 0) is 4.79 Å². The number of rotatable bonds is 7. The summed E-state index contributed by atoms with van der Waals surface area (Å²) < 4.78 is 65.4. The third-order valence-corrected chi connectivity index (χ3v) is 6.19. The van der Waals surface area contributed by atoms with E-state index in [1.807, 2.05) is 4.90 Å². The number of piperidine rings is 1. The maximum atomic E-state index is 14.3. The van der Waals surface area contributed by atoms with Crippen molar-refractivity contribution < 1.29 is 36.9 Å². The van der Waals surface area contributed by atoms with Gasteiger partial charge < -0.3 is 19.5 Å². The largest absolute Gasteiger partial charge is 0.497 e. The van der Waals surface area contributed by atoms with Crippen molar-refractivity contribution in [3.8, 4) is 11.5 Å². The minimum Gasteiger partial charge on any atom is -0.497 e. The zero-order chi connectivity index (χ0) is 26.0. The minimum atomic E-state index is -4.74. The highest BCUT2D eigenvalue weighted by molar-refractivity contribution is 6.08. The van der Waals surface area contributed by atoms with Crippen LogP contribution in [0.1, 0.15) is 19.3 Å². The zero-order valence-electron chi connectivity index (χ0n) is 19.5. The summed E-state index contributed by atoms with van der Waals surface area (Å²) in [5.41, 5.74) is -0.811. The molecule has 0 spiro atoms. The molecule has 1 fully saturated rings. The van der Waals surface area contributed by atoms with Gasteiger partial charge in [-0.15, -0.1) is 0 Å². The molecule has 0 unspecified atom stereocenters. The van der Waals surface area contributed by atoms with Crippen molar-refractivity contribution in [1.29, 1.82) is 0 Å². The van der Waals surface area contributed by atoms with E-state index in [2.05, 4.69) is 11.7 Å². The second kappa shape index (κ2) is 10.1. The summed E-state index contributed by atoms with van der Waals surface area (Å²) in [6, 6.07) is 9.71. The molecule has 2 aliphatic heterocycles. The topological polar surface area (TPSA) is 74.6 Å². The van der Waals surface area contributed by atoms with E-state index in [-0.39, 0.29) is 23.2 Å². The highest BCUT2D eigenvalue weighted by Crippen LogP contribution is 2.36. The lowest BCUT2D eigenvalue weighted by molar-refractivity contribution is -0.137. The molecule has 2 aliphatic rings. The Labute approximate surface area is 205 Å². The van der Waals surface area contributed by atoms with Crippen molar-refractivity contribution >= 4 is 23.1 Å². The van der Waals surface area contributed by atoms with Gasteiger partial charge in [-0.3, -0.25) is 9.80 Å². The van der Waals surface area contributed by atoms with Crippen molar-refractivity contribution in [2.45, 2.75) is 37.6 Å². The predicted octanol–water partition coefficient (Wildman–Crippen LogP) is 5.02. The SMILES string of the molecule is C=C1C(C(F)(F)F)=NN(c2ccc(OC3CCN(c4cc(OC)ccc4F)CC3)cc2)[C@H]1CC(=O)O. The molecule has 1 atom stereocenters. The van der Waals surface area contributed by atoms with Gasteiger partial charge in [0.2, 0.25) is 0 Å². The first-order valence-electron chi connectivity index (χ1n) is 11.3. The normalized spacial score (nSPS) is 18.9. The van der Waals surface area contributed by atoms with E-state index in [1.165, 1.54) is 25.3 Å². The molecule has 0 radical (unpaired) electrons. The van der Waals surface area contributed by atoms with Crippen LogP contribution in [0.4, 0.5) is 28.9 Å². The molecule has 0 aromatic heterocycles. The van der Waals surface area contributed by atoms with Crippen LogP contribution < -0.4 is 19.4 Å². The van der Waals surface area contributed by atoms with E-state index >= 15 is 0 Å². The van der Waals surface area contributed by atoms with Gasteiger partial charge in [-0.05, 0) is 36.4 Å². The molecule has 7 nitrogen and oxygen atoms in total. The van der Waals surface area contributed by atoms with Gasteiger partial charge in [0, 0.05) is 37.6 Å². The van der Waals surface area contributed by atoms with Crippen molar-refractivity contribution in [1.82, 2.24) is 0 Å². The van der Waals surface area contributed by atoms with Crippen LogP contribution in [-0.4, -0.2) is 55.3 Å². The Hall–Kier alpha value is -3.76. The standard InChI is InChI=1S/C25H25F4N3O4/c1-15-21(14-23(33)34)32(30-24(15)25(27,28)29)16-3-5-17(6-4-16)36-18-9-11-31(12-10-18)22-13-19(35-2)7-8-20(22)26/h3-8,13,18,21H,1,9-12,14H2,2H3,(H,33,34)/t21-/m0/s1. The molecule has 36 heavy (non-hydrogen) atoms. The van der Waals surface area contributed by atoms with Gasteiger partial charge >= 0.3 is 12.1 Å². The fourth-order valence-electron chi connectivity index (χ4n) is 4.34. The molecule has 2 aromatic carbocycles. The number of hydrazone groups is 1. The van der Waals surface area contributed by atoms with Gasteiger partial charge in [0.25, 0.3) is 0 Å². The zero-order valence-corrected chi connectivity index (χ0v) is 19.5. The van der Waals surface area contributed by atoms with Crippen LogP contribution in [0.2, 0.25) is 0 Å². The maximum Gasteiger partial charge on any atom is 0.435 e. The lowest BCUT2D eigenvalue weighted by Gasteiger charge is -2.34. The van der Waals surface area contributed by atoms with Crippen molar-refractivity contribution in [3.05, 3.63) is 60.4 Å². The Balaban J connectivity index is 1.41. The number of hydrogen-bond acceptors (Lipinski definition) is 6. The summed E-state index contributed by atoms with van der Waals surface area (Å²) in [5, 5.41) is 13.8. The lowest BCUT2D eigenvalue weighted by atomic mass is 10.0.